The molecule has 4 heteroatoms. The van der Waals surface area contributed by atoms with Crippen molar-refractivity contribution in [1.82, 2.24) is 0 Å². The summed E-state index contributed by atoms with van der Waals surface area (Å²) in [4.78, 5) is 10.3. The Hall–Kier alpha value is -3.60. The number of aryl methyl sites for hydroxylation is 1. The molecule has 1 aliphatic rings. The minimum absolute atomic E-state index is 0.0766. The van der Waals surface area contributed by atoms with Crippen molar-refractivity contribution in [3.8, 4) is 11.5 Å². The first kappa shape index (κ1) is 23.2. The molecule has 2 atom stereocenters. The normalized spacial score (nSPS) is 16.9. The SMILES string of the molecule is OCCOOc1ccc([C@@H]2c3ccc(OCc4ccccc4)cc3CC[C@@H]2c2ccccc2)cc1. The van der Waals surface area contributed by atoms with E-state index in [1.54, 1.807) is 0 Å². The molecule has 178 valence electrons. The van der Waals surface area contributed by atoms with Crippen LogP contribution in [-0.2, 0) is 17.9 Å². The van der Waals surface area contributed by atoms with Crippen LogP contribution in [0.25, 0.3) is 0 Å². The Morgan fingerprint density at radius 1 is 0.743 bits per heavy atom. The van der Waals surface area contributed by atoms with Gasteiger partial charge in [-0.15, -0.1) is 0 Å². The highest BCUT2D eigenvalue weighted by Gasteiger charge is 2.32. The standard InChI is InChI=1S/C31H30O4/c32-19-20-34-35-27-14-11-25(12-15-27)31-29(24-9-5-2-6-10-24)17-13-26-21-28(16-18-30(26)31)33-22-23-7-3-1-4-8-23/h1-12,14-16,18,21,29,31-32H,13,17,19-20,22H2/t29-,31+/m1/s1. The molecule has 0 amide bonds. The first-order chi connectivity index (χ1) is 17.3. The number of fused-ring (bicyclic) bond motifs is 1. The van der Waals surface area contributed by atoms with Gasteiger partial charge in [0.1, 0.15) is 19.0 Å². The number of ether oxygens (including phenoxy) is 1. The predicted octanol–water partition coefficient (Wildman–Crippen LogP) is 6.43. The first-order valence-electron chi connectivity index (χ1n) is 12.2. The Morgan fingerprint density at radius 2 is 1.46 bits per heavy atom. The Bertz CT molecular complexity index is 1210. The number of rotatable bonds is 9. The van der Waals surface area contributed by atoms with E-state index in [1.165, 1.54) is 22.3 Å². The van der Waals surface area contributed by atoms with Gasteiger partial charge in [0.2, 0.25) is 0 Å². The minimum Gasteiger partial charge on any atom is -0.489 e. The second-order valence-corrected chi connectivity index (χ2v) is 8.87. The van der Waals surface area contributed by atoms with Gasteiger partial charge in [0.15, 0.2) is 5.75 Å². The fourth-order valence-electron chi connectivity index (χ4n) is 4.98. The summed E-state index contributed by atoms with van der Waals surface area (Å²) in [6, 6.07) is 35.7. The van der Waals surface area contributed by atoms with Crippen LogP contribution in [0, 0.1) is 0 Å². The highest BCUT2D eigenvalue weighted by molar-refractivity contribution is 5.48. The molecule has 0 spiro atoms. The summed E-state index contributed by atoms with van der Waals surface area (Å²) < 4.78 is 6.12. The third kappa shape index (κ3) is 5.56. The van der Waals surface area contributed by atoms with Crippen molar-refractivity contribution in [2.45, 2.75) is 31.3 Å². The summed E-state index contributed by atoms with van der Waals surface area (Å²) in [5.41, 5.74) is 6.46. The lowest BCUT2D eigenvalue weighted by molar-refractivity contribution is -0.212. The van der Waals surface area contributed by atoms with Gasteiger partial charge in [0.05, 0.1) is 6.61 Å². The highest BCUT2D eigenvalue weighted by Crippen LogP contribution is 2.47. The van der Waals surface area contributed by atoms with Crippen molar-refractivity contribution < 1.29 is 19.6 Å². The van der Waals surface area contributed by atoms with E-state index in [2.05, 4.69) is 72.8 Å². The van der Waals surface area contributed by atoms with Gasteiger partial charge in [0, 0.05) is 5.92 Å². The predicted molar refractivity (Wildman–Crippen MR) is 137 cm³/mol. The molecule has 4 aromatic rings. The van der Waals surface area contributed by atoms with Crippen molar-refractivity contribution in [1.29, 1.82) is 0 Å². The van der Waals surface area contributed by atoms with E-state index in [0.717, 1.165) is 24.2 Å². The molecule has 0 radical (unpaired) electrons. The maximum Gasteiger partial charge on any atom is 0.165 e. The number of hydrogen-bond acceptors (Lipinski definition) is 4. The maximum atomic E-state index is 8.89. The third-order valence-corrected chi connectivity index (χ3v) is 6.62. The number of hydrogen-bond donors (Lipinski definition) is 1. The molecule has 0 fully saturated rings. The topological polar surface area (TPSA) is 47.9 Å². The second kappa shape index (κ2) is 11.2. The second-order valence-electron chi connectivity index (χ2n) is 8.87. The zero-order valence-electron chi connectivity index (χ0n) is 19.7. The van der Waals surface area contributed by atoms with Crippen LogP contribution in [0.3, 0.4) is 0 Å². The molecule has 0 unspecified atom stereocenters. The Balaban J connectivity index is 1.42. The van der Waals surface area contributed by atoms with Crippen molar-refractivity contribution in [2.24, 2.45) is 0 Å². The van der Waals surface area contributed by atoms with Crippen molar-refractivity contribution >= 4 is 0 Å². The van der Waals surface area contributed by atoms with Gasteiger partial charge in [-0.1, -0.05) is 78.9 Å². The molecule has 0 saturated carbocycles. The van der Waals surface area contributed by atoms with Crippen LogP contribution in [0.2, 0.25) is 0 Å². The van der Waals surface area contributed by atoms with E-state index in [-0.39, 0.29) is 19.1 Å². The van der Waals surface area contributed by atoms with Crippen LogP contribution in [-0.4, -0.2) is 18.3 Å². The van der Waals surface area contributed by atoms with Gasteiger partial charge in [-0.25, -0.2) is 0 Å². The largest absolute Gasteiger partial charge is 0.489 e. The smallest absolute Gasteiger partial charge is 0.165 e. The molecule has 1 N–H and O–H groups in total. The molecule has 0 saturated heterocycles. The minimum atomic E-state index is -0.0766. The quantitative estimate of drug-likeness (QED) is 0.175. The molecule has 0 aliphatic heterocycles. The summed E-state index contributed by atoms with van der Waals surface area (Å²) in [7, 11) is 0. The van der Waals surface area contributed by atoms with Crippen LogP contribution in [0.5, 0.6) is 11.5 Å². The zero-order valence-corrected chi connectivity index (χ0v) is 19.7. The molecule has 0 bridgehead atoms. The summed E-state index contributed by atoms with van der Waals surface area (Å²) >= 11 is 0. The summed E-state index contributed by atoms with van der Waals surface area (Å²) in [6.45, 7) is 0.630. The number of aliphatic hydroxyl groups excluding tert-OH is 1. The lowest BCUT2D eigenvalue weighted by Crippen LogP contribution is -2.20. The van der Waals surface area contributed by atoms with Gasteiger partial charge < -0.3 is 14.7 Å². The Kier molecular flexibility index (Phi) is 7.42. The number of benzene rings is 4. The summed E-state index contributed by atoms with van der Waals surface area (Å²) in [5, 5.41) is 8.89. The van der Waals surface area contributed by atoms with Gasteiger partial charge >= 0.3 is 0 Å². The van der Waals surface area contributed by atoms with Crippen LogP contribution in [0.1, 0.15) is 46.1 Å². The van der Waals surface area contributed by atoms with E-state index in [1.807, 2.05) is 30.3 Å². The van der Waals surface area contributed by atoms with Crippen LogP contribution < -0.4 is 9.62 Å². The average molecular weight is 467 g/mol. The fraction of sp³-hybridized carbons (Fsp3) is 0.226. The van der Waals surface area contributed by atoms with E-state index < -0.39 is 0 Å². The van der Waals surface area contributed by atoms with E-state index in [4.69, 9.17) is 19.6 Å². The molecular formula is C31H30O4. The molecule has 4 aromatic carbocycles. The molecule has 0 aromatic heterocycles. The highest BCUT2D eigenvalue weighted by atomic mass is 17.2. The monoisotopic (exact) mass is 466 g/mol. The summed E-state index contributed by atoms with van der Waals surface area (Å²) in [6.07, 6.45) is 2.09. The molecule has 4 nitrogen and oxygen atoms in total. The fourth-order valence-corrected chi connectivity index (χ4v) is 4.98. The van der Waals surface area contributed by atoms with Gasteiger partial charge in [0.25, 0.3) is 0 Å². The Morgan fingerprint density at radius 3 is 2.20 bits per heavy atom. The maximum absolute atomic E-state index is 8.89. The van der Waals surface area contributed by atoms with Crippen molar-refractivity contribution in [3.05, 3.63) is 131 Å². The van der Waals surface area contributed by atoms with E-state index in [0.29, 0.717) is 18.3 Å². The van der Waals surface area contributed by atoms with E-state index >= 15 is 0 Å². The van der Waals surface area contributed by atoms with Crippen molar-refractivity contribution in [3.63, 3.8) is 0 Å². The van der Waals surface area contributed by atoms with Crippen LogP contribution in [0.15, 0.2) is 103 Å². The Labute approximate surface area is 206 Å². The van der Waals surface area contributed by atoms with Gasteiger partial charge in [-0.05, 0) is 70.8 Å². The lowest BCUT2D eigenvalue weighted by Gasteiger charge is -2.35. The molecule has 5 rings (SSSR count). The van der Waals surface area contributed by atoms with Crippen LogP contribution >= 0.6 is 0 Å². The number of aliphatic hydroxyl groups is 1. The van der Waals surface area contributed by atoms with E-state index in [9.17, 15) is 0 Å². The van der Waals surface area contributed by atoms with Crippen LogP contribution in [0.4, 0.5) is 0 Å². The average Bonchev–Trinajstić information content (AvgIpc) is 2.93. The third-order valence-electron chi connectivity index (χ3n) is 6.62. The van der Waals surface area contributed by atoms with Gasteiger partial charge in [-0.2, -0.15) is 4.89 Å². The summed E-state index contributed by atoms with van der Waals surface area (Å²) in [5.74, 6) is 2.15. The zero-order chi connectivity index (χ0) is 23.9. The molecule has 1 aliphatic carbocycles. The first-order valence-corrected chi connectivity index (χ1v) is 12.2. The lowest BCUT2D eigenvalue weighted by atomic mass is 9.69. The van der Waals surface area contributed by atoms with Crippen molar-refractivity contribution in [2.75, 3.05) is 13.2 Å². The van der Waals surface area contributed by atoms with Gasteiger partial charge in [-0.3, -0.25) is 0 Å². The molecular weight excluding hydrogens is 436 g/mol. The molecule has 35 heavy (non-hydrogen) atoms. The molecule has 0 heterocycles.